The average Bonchev–Trinajstić information content (AvgIpc) is 3.55. The van der Waals surface area contributed by atoms with Gasteiger partial charge in [0.1, 0.15) is 18.1 Å². The van der Waals surface area contributed by atoms with E-state index in [-0.39, 0.29) is 18.1 Å². The Morgan fingerprint density at radius 1 is 0.972 bits per heavy atom. The number of nitrogens with one attached hydrogen (secondary N) is 2. The number of anilines is 2. The average molecular weight is 487 g/mol. The molecule has 186 valence electrons. The number of carbonyl (C=O) groups is 2. The molecule has 0 fully saturated rings. The van der Waals surface area contributed by atoms with E-state index in [1.54, 1.807) is 35.1 Å². The fourth-order valence-corrected chi connectivity index (χ4v) is 3.60. The minimum absolute atomic E-state index is 0.111. The van der Waals surface area contributed by atoms with E-state index in [0.29, 0.717) is 29.6 Å². The molecule has 4 rings (SSSR count). The molecule has 0 saturated carbocycles. The lowest BCUT2D eigenvalue weighted by atomic mass is 9.99. The summed E-state index contributed by atoms with van der Waals surface area (Å²) in [6.45, 7) is 6.98. The first-order chi connectivity index (χ1) is 17.5. The zero-order valence-corrected chi connectivity index (χ0v) is 20.7. The Bertz CT molecular complexity index is 1310. The van der Waals surface area contributed by atoms with Crippen molar-refractivity contribution < 1.29 is 18.7 Å². The van der Waals surface area contributed by atoms with Crippen LogP contribution in [-0.4, -0.2) is 21.6 Å². The highest BCUT2D eigenvalue weighted by atomic mass is 16.5. The molecule has 2 amide bonds. The Morgan fingerprint density at radius 3 is 2.42 bits per heavy atom. The third kappa shape index (κ3) is 6.02. The number of nitrogens with zero attached hydrogens (tertiary/aromatic N) is 2. The highest BCUT2D eigenvalue weighted by Gasteiger charge is 2.21. The number of amides is 2. The molecule has 0 aliphatic rings. The van der Waals surface area contributed by atoms with Gasteiger partial charge in [0.25, 0.3) is 11.8 Å². The van der Waals surface area contributed by atoms with Crippen molar-refractivity contribution in [2.75, 3.05) is 10.6 Å². The number of hydrogen-bond donors (Lipinski definition) is 2. The van der Waals surface area contributed by atoms with Crippen LogP contribution >= 0.6 is 0 Å². The van der Waals surface area contributed by atoms with E-state index in [1.807, 2.05) is 37.3 Å². The minimum Gasteiger partial charge on any atom is -0.486 e. The van der Waals surface area contributed by atoms with Gasteiger partial charge in [0.15, 0.2) is 11.5 Å². The molecule has 2 heterocycles. The maximum atomic E-state index is 12.8. The smallest absolute Gasteiger partial charge is 0.291 e. The number of ether oxygens (including phenoxy) is 1. The maximum Gasteiger partial charge on any atom is 0.291 e. The van der Waals surface area contributed by atoms with Crippen LogP contribution in [0, 0.1) is 0 Å². The van der Waals surface area contributed by atoms with Crippen LogP contribution in [0.2, 0.25) is 0 Å². The number of benzene rings is 2. The van der Waals surface area contributed by atoms with Gasteiger partial charge in [-0.05, 0) is 61.2 Å². The zero-order chi connectivity index (χ0) is 25.5. The molecule has 8 heteroatoms. The molecule has 8 nitrogen and oxygen atoms in total. The van der Waals surface area contributed by atoms with Crippen LogP contribution < -0.4 is 15.4 Å². The number of furan rings is 1. The summed E-state index contributed by atoms with van der Waals surface area (Å²) < 4.78 is 13.1. The molecule has 2 aromatic heterocycles. The predicted molar refractivity (Wildman–Crippen MR) is 138 cm³/mol. The van der Waals surface area contributed by atoms with E-state index >= 15 is 0 Å². The molecule has 2 N–H and O–H groups in total. The van der Waals surface area contributed by atoms with Gasteiger partial charge in [-0.2, -0.15) is 5.10 Å². The molecule has 0 bridgehead atoms. The molecular formula is C28H30N4O4. The lowest BCUT2D eigenvalue weighted by Gasteiger charge is -2.10. The molecule has 2 aromatic carbocycles. The summed E-state index contributed by atoms with van der Waals surface area (Å²) in [4.78, 5) is 25.7. The van der Waals surface area contributed by atoms with E-state index in [9.17, 15) is 9.59 Å². The lowest BCUT2D eigenvalue weighted by Crippen LogP contribution is -2.17. The van der Waals surface area contributed by atoms with Crippen LogP contribution in [0.1, 0.15) is 65.5 Å². The van der Waals surface area contributed by atoms with E-state index in [4.69, 9.17) is 9.15 Å². The Labute approximate surface area is 210 Å². The summed E-state index contributed by atoms with van der Waals surface area (Å²) in [5, 5.41) is 9.83. The van der Waals surface area contributed by atoms with E-state index in [0.717, 1.165) is 12.2 Å². The van der Waals surface area contributed by atoms with Gasteiger partial charge in [-0.1, -0.05) is 44.2 Å². The van der Waals surface area contributed by atoms with Crippen molar-refractivity contribution in [3.63, 3.8) is 0 Å². The first-order valence-electron chi connectivity index (χ1n) is 12.0. The Hall–Kier alpha value is -4.33. The first kappa shape index (κ1) is 24.8. The Morgan fingerprint density at radius 2 is 1.72 bits per heavy atom. The van der Waals surface area contributed by atoms with Crippen molar-refractivity contribution in [3.8, 4) is 5.75 Å². The van der Waals surface area contributed by atoms with Crippen LogP contribution in [0.5, 0.6) is 5.75 Å². The summed E-state index contributed by atoms with van der Waals surface area (Å²) in [6, 6.07) is 20.3. The SMILES string of the molecule is CCC(C)c1ccc(OCc2ccc(C(=O)Nc3cn(CC)nc3C(=O)Nc3ccccc3)o2)cc1. The van der Waals surface area contributed by atoms with Crippen molar-refractivity contribution >= 4 is 23.2 Å². The van der Waals surface area contributed by atoms with Gasteiger partial charge >= 0.3 is 0 Å². The Balaban J connectivity index is 1.39. The van der Waals surface area contributed by atoms with Gasteiger partial charge < -0.3 is 19.8 Å². The second kappa shape index (κ2) is 11.4. The molecule has 0 aliphatic carbocycles. The number of aromatic nitrogens is 2. The van der Waals surface area contributed by atoms with E-state index < -0.39 is 11.8 Å². The van der Waals surface area contributed by atoms with E-state index in [1.165, 1.54) is 5.56 Å². The standard InChI is InChI=1S/C28H30N4O4/c1-4-19(3)20-11-13-22(14-12-20)35-18-23-15-16-25(36-23)27(33)30-24-17-32(5-2)31-26(24)28(34)29-21-9-7-6-8-10-21/h6-17,19H,4-5,18H2,1-3H3,(H,29,34)(H,30,33). The summed E-state index contributed by atoms with van der Waals surface area (Å²) in [7, 11) is 0. The number of para-hydroxylation sites is 1. The van der Waals surface area contributed by atoms with Crippen molar-refractivity contribution in [2.24, 2.45) is 0 Å². The van der Waals surface area contributed by atoms with E-state index in [2.05, 4.69) is 41.7 Å². The van der Waals surface area contributed by atoms with Crippen LogP contribution in [0.25, 0.3) is 0 Å². The highest BCUT2D eigenvalue weighted by Crippen LogP contribution is 2.23. The largest absolute Gasteiger partial charge is 0.486 e. The third-order valence-electron chi connectivity index (χ3n) is 5.91. The molecule has 0 saturated heterocycles. The fraction of sp³-hybridized carbons (Fsp3) is 0.250. The van der Waals surface area contributed by atoms with Gasteiger partial charge in [-0.3, -0.25) is 14.3 Å². The quantitative estimate of drug-likeness (QED) is 0.282. The van der Waals surface area contributed by atoms with Crippen LogP contribution in [-0.2, 0) is 13.2 Å². The first-order valence-corrected chi connectivity index (χ1v) is 12.0. The van der Waals surface area contributed by atoms with Crippen molar-refractivity contribution in [1.29, 1.82) is 0 Å². The van der Waals surface area contributed by atoms with Gasteiger partial charge in [-0.25, -0.2) is 0 Å². The molecule has 0 aliphatic heterocycles. The summed E-state index contributed by atoms with van der Waals surface area (Å²) in [5.41, 5.74) is 2.32. The summed E-state index contributed by atoms with van der Waals surface area (Å²) in [6.07, 6.45) is 2.70. The molecule has 4 aromatic rings. The topological polar surface area (TPSA) is 98.4 Å². The van der Waals surface area contributed by atoms with Crippen molar-refractivity contribution in [2.45, 2.75) is 46.3 Å². The third-order valence-corrected chi connectivity index (χ3v) is 5.91. The van der Waals surface area contributed by atoms with Crippen molar-refractivity contribution in [3.05, 3.63) is 95.7 Å². The predicted octanol–water partition coefficient (Wildman–Crippen LogP) is 6.09. The Kier molecular flexibility index (Phi) is 7.85. The number of rotatable bonds is 10. The number of carbonyl (C=O) groups excluding carboxylic acids is 2. The maximum absolute atomic E-state index is 12.8. The monoisotopic (exact) mass is 486 g/mol. The van der Waals surface area contributed by atoms with Gasteiger partial charge in [-0.15, -0.1) is 0 Å². The second-order valence-electron chi connectivity index (χ2n) is 8.45. The molecule has 1 atom stereocenters. The second-order valence-corrected chi connectivity index (χ2v) is 8.45. The van der Waals surface area contributed by atoms with Gasteiger partial charge in [0, 0.05) is 18.4 Å². The van der Waals surface area contributed by atoms with Gasteiger partial charge in [0.05, 0.1) is 5.69 Å². The molecule has 0 radical (unpaired) electrons. The molecule has 36 heavy (non-hydrogen) atoms. The van der Waals surface area contributed by atoms with Crippen LogP contribution in [0.15, 0.2) is 77.3 Å². The molecule has 0 spiro atoms. The highest BCUT2D eigenvalue weighted by molar-refractivity contribution is 6.10. The summed E-state index contributed by atoms with van der Waals surface area (Å²) >= 11 is 0. The summed E-state index contributed by atoms with van der Waals surface area (Å²) in [5.74, 6) is 0.946. The minimum atomic E-state index is -0.483. The van der Waals surface area contributed by atoms with Crippen molar-refractivity contribution in [1.82, 2.24) is 9.78 Å². The van der Waals surface area contributed by atoms with Gasteiger partial charge in [0.2, 0.25) is 0 Å². The lowest BCUT2D eigenvalue weighted by molar-refractivity contribution is 0.0992. The normalized spacial score (nSPS) is 11.6. The van der Waals surface area contributed by atoms with Crippen LogP contribution in [0.4, 0.5) is 11.4 Å². The molecule has 1 unspecified atom stereocenters. The fourth-order valence-electron chi connectivity index (χ4n) is 3.60. The number of aryl methyl sites for hydroxylation is 1. The molecular weight excluding hydrogens is 456 g/mol. The number of hydrogen-bond acceptors (Lipinski definition) is 5. The zero-order valence-electron chi connectivity index (χ0n) is 20.7. The van der Waals surface area contributed by atoms with Crippen LogP contribution in [0.3, 0.4) is 0 Å².